The van der Waals surface area contributed by atoms with E-state index in [1.807, 2.05) is 12.1 Å². The van der Waals surface area contributed by atoms with Crippen molar-refractivity contribution in [1.82, 2.24) is 10.2 Å². The SMILES string of the molecule is CC(Cc1ccc(F)cc1)N1CCCNC(C)(C2CC2)C1. The van der Waals surface area contributed by atoms with Crippen molar-refractivity contribution < 1.29 is 4.39 Å². The molecule has 0 aromatic heterocycles. The quantitative estimate of drug-likeness (QED) is 0.916. The van der Waals surface area contributed by atoms with Crippen LogP contribution in [0.1, 0.15) is 38.7 Å². The molecule has 1 aliphatic carbocycles. The third kappa shape index (κ3) is 3.64. The highest BCUT2D eigenvalue weighted by Crippen LogP contribution is 2.40. The number of halogens is 1. The molecule has 1 aliphatic heterocycles. The Kier molecular flexibility index (Phi) is 4.32. The molecule has 2 aliphatic rings. The Labute approximate surface area is 127 Å². The van der Waals surface area contributed by atoms with Gasteiger partial charge in [-0.1, -0.05) is 12.1 Å². The summed E-state index contributed by atoms with van der Waals surface area (Å²) < 4.78 is 13.0. The van der Waals surface area contributed by atoms with Crippen molar-refractivity contribution in [2.45, 2.75) is 51.1 Å². The average Bonchev–Trinajstić information content (AvgIpc) is 3.28. The molecule has 2 fully saturated rings. The lowest BCUT2D eigenvalue weighted by Crippen LogP contribution is -2.52. The fourth-order valence-corrected chi connectivity index (χ4v) is 3.67. The first-order valence-electron chi connectivity index (χ1n) is 8.30. The topological polar surface area (TPSA) is 15.3 Å². The van der Waals surface area contributed by atoms with E-state index in [1.165, 1.54) is 24.8 Å². The maximum Gasteiger partial charge on any atom is 0.123 e. The van der Waals surface area contributed by atoms with Crippen LogP contribution in [0.5, 0.6) is 0 Å². The molecule has 3 heteroatoms. The average molecular weight is 290 g/mol. The van der Waals surface area contributed by atoms with Gasteiger partial charge in [-0.3, -0.25) is 4.90 Å². The van der Waals surface area contributed by atoms with Gasteiger partial charge >= 0.3 is 0 Å². The Bertz CT molecular complexity index is 469. The van der Waals surface area contributed by atoms with Crippen LogP contribution >= 0.6 is 0 Å². The van der Waals surface area contributed by atoms with Crippen molar-refractivity contribution >= 4 is 0 Å². The van der Waals surface area contributed by atoms with Crippen molar-refractivity contribution in [3.8, 4) is 0 Å². The summed E-state index contributed by atoms with van der Waals surface area (Å²) in [5.74, 6) is 0.711. The van der Waals surface area contributed by atoms with Gasteiger partial charge in [-0.05, 0) is 76.2 Å². The van der Waals surface area contributed by atoms with Crippen LogP contribution in [0.3, 0.4) is 0 Å². The molecule has 0 spiro atoms. The minimum atomic E-state index is -0.147. The zero-order chi connectivity index (χ0) is 14.9. The van der Waals surface area contributed by atoms with E-state index < -0.39 is 0 Å². The van der Waals surface area contributed by atoms with E-state index in [9.17, 15) is 4.39 Å². The van der Waals surface area contributed by atoms with Crippen molar-refractivity contribution in [2.75, 3.05) is 19.6 Å². The lowest BCUT2D eigenvalue weighted by atomic mass is 9.94. The number of hydrogen-bond acceptors (Lipinski definition) is 2. The summed E-state index contributed by atoms with van der Waals surface area (Å²) in [4.78, 5) is 2.63. The Morgan fingerprint density at radius 1 is 1.33 bits per heavy atom. The summed E-state index contributed by atoms with van der Waals surface area (Å²) in [6.45, 7) is 8.14. The second-order valence-corrected chi connectivity index (χ2v) is 7.12. The van der Waals surface area contributed by atoms with Crippen LogP contribution in [-0.4, -0.2) is 36.1 Å². The zero-order valence-electron chi connectivity index (χ0n) is 13.2. The molecule has 1 aromatic rings. The van der Waals surface area contributed by atoms with E-state index in [4.69, 9.17) is 0 Å². The summed E-state index contributed by atoms with van der Waals surface area (Å²) in [5.41, 5.74) is 1.52. The van der Waals surface area contributed by atoms with Gasteiger partial charge in [-0.25, -0.2) is 4.39 Å². The molecule has 1 heterocycles. The molecule has 1 saturated carbocycles. The molecule has 0 amide bonds. The molecular weight excluding hydrogens is 263 g/mol. The van der Waals surface area contributed by atoms with Crippen molar-refractivity contribution in [3.05, 3.63) is 35.6 Å². The third-order valence-electron chi connectivity index (χ3n) is 5.23. The van der Waals surface area contributed by atoms with E-state index in [0.717, 1.165) is 32.0 Å². The first-order chi connectivity index (χ1) is 10.1. The largest absolute Gasteiger partial charge is 0.310 e. The van der Waals surface area contributed by atoms with Gasteiger partial charge in [0.05, 0.1) is 0 Å². The van der Waals surface area contributed by atoms with E-state index in [0.29, 0.717) is 6.04 Å². The summed E-state index contributed by atoms with van der Waals surface area (Å²) >= 11 is 0. The number of nitrogens with one attached hydrogen (secondary N) is 1. The van der Waals surface area contributed by atoms with E-state index in [2.05, 4.69) is 24.1 Å². The molecule has 2 atom stereocenters. The maximum absolute atomic E-state index is 13.0. The minimum Gasteiger partial charge on any atom is -0.310 e. The zero-order valence-corrected chi connectivity index (χ0v) is 13.2. The van der Waals surface area contributed by atoms with Crippen LogP contribution in [0.4, 0.5) is 4.39 Å². The molecule has 1 N–H and O–H groups in total. The monoisotopic (exact) mass is 290 g/mol. The van der Waals surface area contributed by atoms with Crippen LogP contribution < -0.4 is 5.32 Å². The lowest BCUT2D eigenvalue weighted by molar-refractivity contribution is 0.158. The normalized spacial score (nSPS) is 29.1. The smallest absolute Gasteiger partial charge is 0.123 e. The van der Waals surface area contributed by atoms with Gasteiger partial charge in [-0.15, -0.1) is 0 Å². The van der Waals surface area contributed by atoms with Gasteiger partial charge in [0.15, 0.2) is 0 Å². The Morgan fingerprint density at radius 3 is 2.71 bits per heavy atom. The predicted octanol–water partition coefficient (Wildman–Crippen LogP) is 3.22. The Morgan fingerprint density at radius 2 is 2.05 bits per heavy atom. The molecule has 1 aromatic carbocycles. The van der Waals surface area contributed by atoms with Gasteiger partial charge in [0, 0.05) is 18.1 Å². The molecule has 2 unspecified atom stereocenters. The summed E-state index contributed by atoms with van der Waals surface area (Å²) in [7, 11) is 0. The van der Waals surface area contributed by atoms with Gasteiger partial charge in [0.2, 0.25) is 0 Å². The van der Waals surface area contributed by atoms with Gasteiger partial charge in [0.25, 0.3) is 0 Å². The fraction of sp³-hybridized carbons (Fsp3) is 0.667. The maximum atomic E-state index is 13.0. The van der Waals surface area contributed by atoms with Crippen LogP contribution in [-0.2, 0) is 6.42 Å². The first-order valence-corrected chi connectivity index (χ1v) is 8.30. The number of benzene rings is 1. The second kappa shape index (κ2) is 6.05. The van der Waals surface area contributed by atoms with Crippen LogP contribution in [0, 0.1) is 11.7 Å². The van der Waals surface area contributed by atoms with Crippen LogP contribution in [0.2, 0.25) is 0 Å². The van der Waals surface area contributed by atoms with Crippen molar-refractivity contribution in [3.63, 3.8) is 0 Å². The number of hydrogen-bond donors (Lipinski definition) is 1. The lowest BCUT2D eigenvalue weighted by Gasteiger charge is -2.37. The molecule has 116 valence electrons. The Balaban J connectivity index is 1.64. The minimum absolute atomic E-state index is 0.147. The molecule has 0 bridgehead atoms. The fourth-order valence-electron chi connectivity index (χ4n) is 3.67. The number of nitrogens with zero attached hydrogens (tertiary/aromatic N) is 1. The molecule has 0 radical (unpaired) electrons. The molecular formula is C18H27FN2. The van der Waals surface area contributed by atoms with E-state index in [1.54, 1.807) is 12.1 Å². The van der Waals surface area contributed by atoms with Gasteiger partial charge in [0.1, 0.15) is 5.82 Å². The van der Waals surface area contributed by atoms with Crippen molar-refractivity contribution in [2.24, 2.45) is 5.92 Å². The second-order valence-electron chi connectivity index (χ2n) is 7.12. The summed E-state index contributed by atoms with van der Waals surface area (Å²) in [5, 5.41) is 3.78. The van der Waals surface area contributed by atoms with Gasteiger partial charge in [-0.2, -0.15) is 0 Å². The molecule has 2 nitrogen and oxygen atoms in total. The molecule has 21 heavy (non-hydrogen) atoms. The third-order valence-corrected chi connectivity index (χ3v) is 5.23. The molecule has 1 saturated heterocycles. The van der Waals surface area contributed by atoms with Gasteiger partial charge < -0.3 is 5.32 Å². The summed E-state index contributed by atoms with van der Waals surface area (Å²) in [6.07, 6.45) is 4.98. The standard InChI is InChI=1S/C18H27FN2/c1-14(12-15-4-8-17(19)9-5-15)21-11-3-10-20-18(2,13-21)16-6-7-16/h4-5,8-9,14,16,20H,3,6-7,10-13H2,1-2H3. The highest BCUT2D eigenvalue weighted by Gasteiger charge is 2.43. The Hall–Kier alpha value is -0.930. The van der Waals surface area contributed by atoms with E-state index in [-0.39, 0.29) is 11.4 Å². The van der Waals surface area contributed by atoms with Crippen LogP contribution in [0.15, 0.2) is 24.3 Å². The van der Waals surface area contributed by atoms with Crippen molar-refractivity contribution in [1.29, 1.82) is 0 Å². The van der Waals surface area contributed by atoms with Crippen LogP contribution in [0.25, 0.3) is 0 Å². The summed E-state index contributed by atoms with van der Waals surface area (Å²) in [6, 6.07) is 7.48. The number of rotatable bonds is 4. The highest BCUT2D eigenvalue weighted by molar-refractivity contribution is 5.17. The van der Waals surface area contributed by atoms with E-state index >= 15 is 0 Å². The first kappa shape index (κ1) is 15.0. The molecule has 3 rings (SSSR count). The highest BCUT2D eigenvalue weighted by atomic mass is 19.1. The predicted molar refractivity (Wildman–Crippen MR) is 84.9 cm³/mol.